The van der Waals surface area contributed by atoms with Crippen LogP contribution in [0.25, 0.3) is 10.2 Å². The van der Waals surface area contributed by atoms with Gasteiger partial charge in [-0.05, 0) is 13.0 Å². The molecule has 2 aromatic heterocycles. The van der Waals surface area contributed by atoms with E-state index in [2.05, 4.69) is 12.0 Å². The predicted octanol–water partition coefficient (Wildman–Crippen LogP) is 1.61. The zero-order valence-corrected chi connectivity index (χ0v) is 7.64. The van der Waals surface area contributed by atoms with Gasteiger partial charge in [0.2, 0.25) is 0 Å². The summed E-state index contributed by atoms with van der Waals surface area (Å²) in [6.45, 7) is 3.07. The van der Waals surface area contributed by atoms with Gasteiger partial charge >= 0.3 is 0 Å². The van der Waals surface area contributed by atoms with E-state index in [1.54, 1.807) is 11.3 Å². The molecule has 3 nitrogen and oxygen atoms in total. The number of rotatable bonds is 2. The first-order valence-electron chi connectivity index (χ1n) is 3.90. The monoisotopic (exact) mass is 182 g/mol. The molecule has 0 fully saturated rings. The summed E-state index contributed by atoms with van der Waals surface area (Å²) in [6, 6.07) is 2.00. The Balaban J connectivity index is 2.60. The van der Waals surface area contributed by atoms with E-state index in [9.17, 15) is 0 Å². The summed E-state index contributed by atoms with van der Waals surface area (Å²) in [5.74, 6) is 0. The molecule has 0 unspecified atom stereocenters. The first kappa shape index (κ1) is 7.76. The Morgan fingerprint density at radius 1 is 1.67 bits per heavy atom. The van der Waals surface area contributed by atoms with Crippen LogP contribution in [-0.2, 0) is 13.2 Å². The van der Waals surface area contributed by atoms with Gasteiger partial charge in [-0.1, -0.05) is 0 Å². The summed E-state index contributed by atoms with van der Waals surface area (Å²) in [5, 5.41) is 13.1. The van der Waals surface area contributed by atoms with Crippen LogP contribution in [0.5, 0.6) is 0 Å². The number of aliphatic hydroxyl groups excluding tert-OH is 1. The second kappa shape index (κ2) is 2.88. The molecule has 4 heteroatoms. The molecule has 0 amide bonds. The van der Waals surface area contributed by atoms with Crippen LogP contribution in [0.15, 0.2) is 12.3 Å². The number of hydrogen-bond donors (Lipinski definition) is 1. The summed E-state index contributed by atoms with van der Waals surface area (Å²) in [7, 11) is 0. The van der Waals surface area contributed by atoms with Gasteiger partial charge in [-0.15, -0.1) is 11.3 Å². The first-order valence-corrected chi connectivity index (χ1v) is 4.72. The van der Waals surface area contributed by atoms with Crippen molar-refractivity contribution in [2.45, 2.75) is 20.1 Å². The smallest absolute Gasteiger partial charge is 0.0793 e. The van der Waals surface area contributed by atoms with Crippen molar-refractivity contribution >= 4 is 21.6 Å². The Hall–Kier alpha value is -0.870. The van der Waals surface area contributed by atoms with Crippen molar-refractivity contribution in [1.82, 2.24) is 9.78 Å². The van der Waals surface area contributed by atoms with Crippen LogP contribution in [0.3, 0.4) is 0 Å². The number of aromatic nitrogens is 2. The highest BCUT2D eigenvalue weighted by atomic mass is 32.1. The van der Waals surface area contributed by atoms with E-state index >= 15 is 0 Å². The molecule has 64 valence electrons. The number of aryl methyl sites for hydroxylation is 1. The zero-order chi connectivity index (χ0) is 8.55. The summed E-state index contributed by atoms with van der Waals surface area (Å²) < 4.78 is 3.09. The van der Waals surface area contributed by atoms with Crippen LogP contribution in [0.1, 0.15) is 11.8 Å². The molecule has 12 heavy (non-hydrogen) atoms. The fourth-order valence-corrected chi connectivity index (χ4v) is 2.14. The van der Waals surface area contributed by atoms with Crippen molar-refractivity contribution in [1.29, 1.82) is 0 Å². The highest BCUT2D eigenvalue weighted by Gasteiger charge is 2.05. The minimum atomic E-state index is 0.128. The predicted molar refractivity (Wildman–Crippen MR) is 49.2 cm³/mol. The van der Waals surface area contributed by atoms with E-state index < -0.39 is 0 Å². The minimum Gasteiger partial charge on any atom is -0.391 e. The van der Waals surface area contributed by atoms with E-state index in [1.807, 2.05) is 16.9 Å². The minimum absolute atomic E-state index is 0.128. The number of thiophene rings is 1. The molecule has 0 spiro atoms. The molecule has 0 atom stereocenters. The molecule has 2 heterocycles. The summed E-state index contributed by atoms with van der Waals surface area (Å²) in [6.07, 6.45) is 1.85. The molecule has 2 rings (SSSR count). The van der Waals surface area contributed by atoms with Gasteiger partial charge in [-0.25, -0.2) is 0 Å². The van der Waals surface area contributed by atoms with Gasteiger partial charge in [0.1, 0.15) is 0 Å². The van der Waals surface area contributed by atoms with Crippen molar-refractivity contribution < 1.29 is 5.11 Å². The van der Waals surface area contributed by atoms with E-state index in [-0.39, 0.29) is 6.61 Å². The van der Waals surface area contributed by atoms with Crippen molar-refractivity contribution in [3.63, 3.8) is 0 Å². The Labute approximate surface area is 74.2 Å². The Morgan fingerprint density at radius 3 is 3.17 bits per heavy atom. The number of aliphatic hydroxyl groups is 1. The van der Waals surface area contributed by atoms with Crippen molar-refractivity contribution in [3.05, 3.63) is 17.1 Å². The van der Waals surface area contributed by atoms with E-state index in [0.717, 1.165) is 21.6 Å². The van der Waals surface area contributed by atoms with Crippen molar-refractivity contribution in [2.75, 3.05) is 0 Å². The summed E-state index contributed by atoms with van der Waals surface area (Å²) >= 11 is 1.60. The van der Waals surface area contributed by atoms with E-state index in [1.165, 1.54) is 0 Å². The van der Waals surface area contributed by atoms with Crippen molar-refractivity contribution in [3.8, 4) is 0 Å². The van der Waals surface area contributed by atoms with Gasteiger partial charge in [0.05, 0.1) is 23.0 Å². The molecule has 2 aromatic rings. The van der Waals surface area contributed by atoms with Gasteiger partial charge < -0.3 is 5.11 Å². The Kier molecular flexibility index (Phi) is 1.86. The number of nitrogens with zero attached hydrogens (tertiary/aromatic N) is 2. The normalized spacial score (nSPS) is 11.2. The van der Waals surface area contributed by atoms with Crippen LogP contribution in [0, 0.1) is 0 Å². The van der Waals surface area contributed by atoms with Crippen LogP contribution < -0.4 is 0 Å². The maximum Gasteiger partial charge on any atom is 0.0793 e. The number of fused-ring (bicyclic) bond motifs is 1. The SMILES string of the molecule is CCn1ncc2sc(CO)cc21. The summed E-state index contributed by atoms with van der Waals surface area (Å²) in [4.78, 5) is 1.00. The molecular formula is C8H10N2OS. The lowest BCUT2D eigenvalue weighted by Crippen LogP contribution is -1.94. The van der Waals surface area contributed by atoms with Crippen LogP contribution in [-0.4, -0.2) is 14.9 Å². The highest BCUT2D eigenvalue weighted by molar-refractivity contribution is 7.18. The molecular weight excluding hydrogens is 172 g/mol. The van der Waals surface area contributed by atoms with Crippen LogP contribution in [0.2, 0.25) is 0 Å². The van der Waals surface area contributed by atoms with E-state index in [4.69, 9.17) is 5.11 Å². The lowest BCUT2D eigenvalue weighted by Gasteiger charge is -1.93. The van der Waals surface area contributed by atoms with Crippen LogP contribution >= 0.6 is 11.3 Å². The largest absolute Gasteiger partial charge is 0.391 e. The second-order valence-electron chi connectivity index (χ2n) is 2.58. The molecule has 0 radical (unpaired) electrons. The first-order chi connectivity index (χ1) is 5.85. The fraction of sp³-hybridized carbons (Fsp3) is 0.375. The van der Waals surface area contributed by atoms with Gasteiger partial charge in [0, 0.05) is 11.4 Å². The highest BCUT2D eigenvalue weighted by Crippen LogP contribution is 2.24. The zero-order valence-electron chi connectivity index (χ0n) is 6.82. The molecule has 0 aromatic carbocycles. The molecule has 0 aliphatic heterocycles. The lowest BCUT2D eigenvalue weighted by atomic mass is 10.4. The maximum absolute atomic E-state index is 8.90. The standard InChI is InChI=1S/C8H10N2OS/c1-2-10-7-3-6(5-11)12-8(7)4-9-10/h3-4,11H,2,5H2,1H3. The van der Waals surface area contributed by atoms with Gasteiger partial charge in [-0.3, -0.25) is 4.68 Å². The van der Waals surface area contributed by atoms with E-state index in [0.29, 0.717) is 0 Å². The van der Waals surface area contributed by atoms with Crippen LogP contribution in [0.4, 0.5) is 0 Å². The van der Waals surface area contributed by atoms with Gasteiger partial charge in [0.15, 0.2) is 0 Å². The third-order valence-corrected chi connectivity index (χ3v) is 2.88. The molecule has 0 aliphatic carbocycles. The topological polar surface area (TPSA) is 38.0 Å². The molecule has 1 N–H and O–H groups in total. The lowest BCUT2D eigenvalue weighted by molar-refractivity contribution is 0.285. The Bertz CT molecular complexity index is 391. The van der Waals surface area contributed by atoms with Gasteiger partial charge in [-0.2, -0.15) is 5.10 Å². The third-order valence-electron chi connectivity index (χ3n) is 1.84. The quantitative estimate of drug-likeness (QED) is 0.766. The summed E-state index contributed by atoms with van der Waals surface area (Å²) in [5.41, 5.74) is 1.13. The molecule has 0 saturated heterocycles. The molecule has 0 saturated carbocycles. The van der Waals surface area contributed by atoms with Crippen molar-refractivity contribution in [2.24, 2.45) is 0 Å². The third kappa shape index (κ3) is 1.04. The number of hydrogen-bond acceptors (Lipinski definition) is 3. The second-order valence-corrected chi connectivity index (χ2v) is 3.75. The molecule has 0 bridgehead atoms. The average molecular weight is 182 g/mol. The fourth-order valence-electron chi connectivity index (χ4n) is 1.26. The average Bonchev–Trinajstić information content (AvgIpc) is 2.61. The molecule has 0 aliphatic rings. The van der Waals surface area contributed by atoms with Gasteiger partial charge in [0.25, 0.3) is 0 Å². The maximum atomic E-state index is 8.90. The Morgan fingerprint density at radius 2 is 2.50 bits per heavy atom.